The van der Waals surface area contributed by atoms with Crippen LogP contribution in [0.3, 0.4) is 0 Å². The van der Waals surface area contributed by atoms with Gasteiger partial charge in [-0.1, -0.05) is 17.7 Å². The van der Waals surface area contributed by atoms with Gasteiger partial charge in [-0.2, -0.15) is 13.2 Å². The predicted octanol–water partition coefficient (Wildman–Crippen LogP) is 3.90. The Kier molecular flexibility index (Phi) is 7.39. The molecule has 0 aliphatic carbocycles. The predicted molar refractivity (Wildman–Crippen MR) is 111 cm³/mol. The highest BCUT2D eigenvalue weighted by Gasteiger charge is 2.35. The molecule has 0 radical (unpaired) electrons. The molecule has 0 atom stereocenters. The summed E-state index contributed by atoms with van der Waals surface area (Å²) in [5.74, 6) is -2.13. The molecule has 0 saturated carbocycles. The van der Waals surface area contributed by atoms with Crippen LogP contribution in [0.15, 0.2) is 36.4 Å². The van der Waals surface area contributed by atoms with Crippen molar-refractivity contribution in [3.05, 3.63) is 62.7 Å². The van der Waals surface area contributed by atoms with Crippen molar-refractivity contribution in [2.75, 3.05) is 43.1 Å². The Bertz CT molecular complexity index is 1070. The number of alkyl halides is 3. The fraction of sp³-hybridized carbons (Fsp3) is 0.300. The van der Waals surface area contributed by atoms with Crippen LogP contribution in [0.5, 0.6) is 0 Å². The minimum atomic E-state index is -4.77. The van der Waals surface area contributed by atoms with E-state index in [-0.39, 0.29) is 16.3 Å². The standard InChI is InChI=1S/C20H17ClF3N3O6/c21-14-3-1-2-13(20(22,23)24)18(14)25-17(28)11-33-19(29)12-4-5-15(16(10-12)27(30)31)26-6-8-32-9-7-26/h1-5,10H,6-9,11H2,(H,25,28). The van der Waals surface area contributed by atoms with E-state index in [4.69, 9.17) is 21.1 Å². The highest BCUT2D eigenvalue weighted by Crippen LogP contribution is 2.38. The highest BCUT2D eigenvalue weighted by atomic mass is 35.5. The van der Waals surface area contributed by atoms with Crippen molar-refractivity contribution in [2.24, 2.45) is 0 Å². The zero-order valence-electron chi connectivity index (χ0n) is 16.9. The molecule has 2 aromatic carbocycles. The van der Waals surface area contributed by atoms with E-state index in [2.05, 4.69) is 0 Å². The first-order valence-corrected chi connectivity index (χ1v) is 9.89. The van der Waals surface area contributed by atoms with Gasteiger partial charge in [-0.15, -0.1) is 0 Å². The van der Waals surface area contributed by atoms with Crippen molar-refractivity contribution in [3.8, 4) is 0 Å². The van der Waals surface area contributed by atoms with Gasteiger partial charge >= 0.3 is 12.1 Å². The second-order valence-electron chi connectivity index (χ2n) is 6.84. The number of rotatable bonds is 6. The third-order valence-corrected chi connectivity index (χ3v) is 4.99. The number of carbonyl (C=O) groups excluding carboxylic acids is 2. The van der Waals surface area contributed by atoms with Gasteiger partial charge in [0.25, 0.3) is 11.6 Å². The second-order valence-corrected chi connectivity index (χ2v) is 7.25. The second kappa shape index (κ2) is 10.0. The number of nitrogens with one attached hydrogen (secondary N) is 1. The number of ether oxygens (including phenoxy) is 2. The van der Waals surface area contributed by atoms with Gasteiger partial charge in [-0.05, 0) is 24.3 Å². The molecule has 9 nitrogen and oxygen atoms in total. The molecule has 3 rings (SSSR count). The maximum atomic E-state index is 13.1. The summed E-state index contributed by atoms with van der Waals surface area (Å²) in [7, 11) is 0. The van der Waals surface area contributed by atoms with Gasteiger partial charge < -0.3 is 19.7 Å². The molecular weight excluding hydrogens is 471 g/mol. The van der Waals surface area contributed by atoms with E-state index in [1.54, 1.807) is 4.90 Å². The summed E-state index contributed by atoms with van der Waals surface area (Å²) in [6, 6.07) is 6.68. The van der Waals surface area contributed by atoms with E-state index >= 15 is 0 Å². The Hall–Kier alpha value is -3.38. The Morgan fingerprint density at radius 3 is 2.55 bits per heavy atom. The molecule has 33 heavy (non-hydrogen) atoms. The molecule has 0 aromatic heterocycles. The first-order chi connectivity index (χ1) is 15.6. The summed E-state index contributed by atoms with van der Waals surface area (Å²) in [5, 5.41) is 13.1. The van der Waals surface area contributed by atoms with E-state index in [1.807, 2.05) is 5.32 Å². The lowest BCUT2D eigenvalue weighted by Gasteiger charge is -2.28. The van der Waals surface area contributed by atoms with Gasteiger partial charge in [0.15, 0.2) is 6.61 Å². The average Bonchev–Trinajstić information content (AvgIpc) is 2.78. The highest BCUT2D eigenvalue weighted by molar-refractivity contribution is 6.34. The minimum absolute atomic E-state index is 0.194. The largest absolute Gasteiger partial charge is 0.452 e. The van der Waals surface area contributed by atoms with Crippen molar-refractivity contribution < 1.29 is 37.2 Å². The van der Waals surface area contributed by atoms with Crippen LogP contribution in [0.4, 0.5) is 30.2 Å². The zero-order chi connectivity index (χ0) is 24.2. The normalized spacial score (nSPS) is 14.0. The summed E-state index contributed by atoms with van der Waals surface area (Å²) < 4.78 is 49.4. The lowest BCUT2D eigenvalue weighted by molar-refractivity contribution is -0.384. The van der Waals surface area contributed by atoms with Crippen LogP contribution < -0.4 is 10.2 Å². The Balaban J connectivity index is 1.69. The van der Waals surface area contributed by atoms with E-state index in [1.165, 1.54) is 12.1 Å². The fourth-order valence-corrected chi connectivity index (χ4v) is 3.37. The quantitative estimate of drug-likeness (QED) is 0.373. The molecule has 0 bridgehead atoms. The Labute approximate surface area is 190 Å². The lowest BCUT2D eigenvalue weighted by Crippen LogP contribution is -2.36. The van der Waals surface area contributed by atoms with Crippen LogP contribution in [0.25, 0.3) is 0 Å². The van der Waals surface area contributed by atoms with Crippen LogP contribution >= 0.6 is 11.6 Å². The van der Waals surface area contributed by atoms with Gasteiger partial charge in [0.1, 0.15) is 5.69 Å². The molecule has 1 N–H and O–H groups in total. The molecular formula is C20H17ClF3N3O6. The Morgan fingerprint density at radius 2 is 1.91 bits per heavy atom. The van der Waals surface area contributed by atoms with Crippen molar-refractivity contribution in [2.45, 2.75) is 6.18 Å². The third-order valence-electron chi connectivity index (χ3n) is 4.68. The average molecular weight is 488 g/mol. The topological polar surface area (TPSA) is 111 Å². The molecule has 1 heterocycles. The van der Waals surface area contributed by atoms with Gasteiger partial charge in [-0.25, -0.2) is 4.79 Å². The summed E-state index contributed by atoms with van der Waals surface area (Å²) in [5.41, 5.74) is -2.06. The number of anilines is 2. The van der Waals surface area contributed by atoms with Crippen LogP contribution in [0, 0.1) is 10.1 Å². The van der Waals surface area contributed by atoms with Crippen LogP contribution in [-0.2, 0) is 20.4 Å². The van der Waals surface area contributed by atoms with Crippen molar-refractivity contribution in [3.63, 3.8) is 0 Å². The monoisotopic (exact) mass is 487 g/mol. The number of carbonyl (C=O) groups is 2. The van der Waals surface area contributed by atoms with Gasteiger partial charge in [0.2, 0.25) is 0 Å². The number of hydrogen-bond acceptors (Lipinski definition) is 7. The minimum Gasteiger partial charge on any atom is -0.452 e. The maximum absolute atomic E-state index is 13.1. The van der Waals surface area contributed by atoms with E-state index in [0.717, 1.165) is 24.3 Å². The molecule has 1 fully saturated rings. The number of hydrogen-bond donors (Lipinski definition) is 1. The fourth-order valence-electron chi connectivity index (χ4n) is 3.15. The number of nitrogens with zero attached hydrogens (tertiary/aromatic N) is 2. The number of amides is 1. The Morgan fingerprint density at radius 1 is 1.21 bits per heavy atom. The molecule has 1 amide bonds. The maximum Gasteiger partial charge on any atom is 0.418 e. The van der Waals surface area contributed by atoms with E-state index in [0.29, 0.717) is 32.0 Å². The van der Waals surface area contributed by atoms with E-state index < -0.39 is 40.8 Å². The van der Waals surface area contributed by atoms with Gasteiger partial charge in [-0.3, -0.25) is 14.9 Å². The number of para-hydroxylation sites is 1. The number of halogens is 4. The molecule has 0 spiro atoms. The number of morpholine rings is 1. The number of nitro benzene ring substituents is 1. The van der Waals surface area contributed by atoms with Gasteiger partial charge in [0, 0.05) is 19.2 Å². The van der Waals surface area contributed by atoms with Gasteiger partial charge in [0.05, 0.1) is 40.0 Å². The molecule has 2 aromatic rings. The van der Waals surface area contributed by atoms with Crippen LogP contribution in [-0.4, -0.2) is 49.7 Å². The smallest absolute Gasteiger partial charge is 0.418 e. The molecule has 1 aliphatic rings. The summed E-state index contributed by atoms with van der Waals surface area (Å²) in [4.78, 5) is 36.9. The summed E-state index contributed by atoms with van der Waals surface area (Å²) >= 11 is 5.77. The van der Waals surface area contributed by atoms with Crippen LogP contribution in [0.1, 0.15) is 15.9 Å². The lowest BCUT2D eigenvalue weighted by atomic mass is 10.1. The van der Waals surface area contributed by atoms with Crippen molar-refractivity contribution >= 4 is 40.5 Å². The third kappa shape index (κ3) is 5.90. The molecule has 176 valence electrons. The molecule has 0 unspecified atom stereocenters. The SMILES string of the molecule is O=C(COC(=O)c1ccc(N2CCOCC2)c([N+](=O)[O-])c1)Nc1c(Cl)cccc1C(F)(F)F. The summed E-state index contributed by atoms with van der Waals surface area (Å²) in [6.45, 7) is 0.745. The van der Waals surface area contributed by atoms with Crippen LogP contribution in [0.2, 0.25) is 5.02 Å². The number of esters is 1. The van der Waals surface area contributed by atoms with E-state index in [9.17, 15) is 32.9 Å². The molecule has 13 heteroatoms. The molecule has 1 aliphatic heterocycles. The van der Waals surface area contributed by atoms with Crippen molar-refractivity contribution in [1.29, 1.82) is 0 Å². The van der Waals surface area contributed by atoms with Crippen molar-refractivity contribution in [1.82, 2.24) is 0 Å². The number of benzene rings is 2. The number of nitro groups is 1. The first kappa shape index (κ1) is 24.3. The first-order valence-electron chi connectivity index (χ1n) is 9.51. The molecule has 1 saturated heterocycles. The summed E-state index contributed by atoms with van der Waals surface area (Å²) in [6.07, 6.45) is -4.77. The zero-order valence-corrected chi connectivity index (χ0v) is 17.6.